The van der Waals surface area contributed by atoms with E-state index < -0.39 is 10.1 Å². The molecule has 1 aromatic carbocycles. The number of benzene rings is 1. The second-order valence-electron chi connectivity index (χ2n) is 6.59. The molecule has 1 aliphatic carbocycles. The Morgan fingerprint density at radius 2 is 1.77 bits per heavy atom. The zero-order valence-electron chi connectivity index (χ0n) is 13.8. The third-order valence-electron chi connectivity index (χ3n) is 4.56. The van der Waals surface area contributed by atoms with Gasteiger partial charge in [-0.25, -0.2) is 0 Å². The summed E-state index contributed by atoms with van der Waals surface area (Å²) in [6.07, 6.45) is 2.75. The maximum atomic E-state index is 12.5. The lowest BCUT2D eigenvalue weighted by molar-refractivity contribution is 0.0511. The quantitative estimate of drug-likeness (QED) is 0.771. The van der Waals surface area contributed by atoms with Crippen molar-refractivity contribution in [2.75, 3.05) is 7.11 Å². The lowest BCUT2D eigenvalue weighted by atomic mass is 9.75. The van der Waals surface area contributed by atoms with Crippen LogP contribution in [0.2, 0.25) is 0 Å². The van der Waals surface area contributed by atoms with Crippen LogP contribution >= 0.6 is 0 Å². The van der Waals surface area contributed by atoms with E-state index in [1.54, 1.807) is 19.2 Å². The van der Waals surface area contributed by atoms with E-state index in [2.05, 4.69) is 20.8 Å². The molecule has 2 rings (SSSR count). The molecule has 4 nitrogen and oxygen atoms in total. The van der Waals surface area contributed by atoms with Crippen molar-refractivity contribution in [2.24, 2.45) is 17.8 Å². The third-order valence-corrected chi connectivity index (χ3v) is 5.91. The highest BCUT2D eigenvalue weighted by Gasteiger charge is 2.35. The van der Waals surface area contributed by atoms with Gasteiger partial charge in [-0.3, -0.25) is 4.18 Å². The van der Waals surface area contributed by atoms with Gasteiger partial charge in [0.15, 0.2) is 0 Å². The third kappa shape index (κ3) is 4.02. The molecule has 0 aromatic heterocycles. The normalized spacial score (nSPS) is 26.1. The van der Waals surface area contributed by atoms with Crippen LogP contribution in [0.1, 0.15) is 40.0 Å². The van der Waals surface area contributed by atoms with Crippen molar-refractivity contribution in [1.82, 2.24) is 0 Å². The summed E-state index contributed by atoms with van der Waals surface area (Å²) >= 11 is 0. The van der Waals surface area contributed by atoms with Crippen molar-refractivity contribution in [3.8, 4) is 5.75 Å². The van der Waals surface area contributed by atoms with Gasteiger partial charge in [-0.05, 0) is 54.9 Å². The number of hydrogen-bond donors (Lipinski definition) is 0. The fourth-order valence-corrected chi connectivity index (χ4v) is 4.31. The predicted molar refractivity (Wildman–Crippen MR) is 86.4 cm³/mol. The number of hydrogen-bond acceptors (Lipinski definition) is 4. The number of ether oxygens (including phenoxy) is 1. The number of methoxy groups -OCH3 is 1. The van der Waals surface area contributed by atoms with Crippen molar-refractivity contribution < 1.29 is 17.3 Å². The SMILES string of the molecule is COc1ccc(S(=O)(=O)O[C@@H]2C[C@H](C)CC[C@H]2C(C)C)cc1. The van der Waals surface area contributed by atoms with Gasteiger partial charge >= 0.3 is 0 Å². The van der Waals surface area contributed by atoms with Crippen LogP contribution in [-0.2, 0) is 14.3 Å². The van der Waals surface area contributed by atoms with Crippen LogP contribution in [0.15, 0.2) is 29.2 Å². The highest BCUT2D eigenvalue weighted by molar-refractivity contribution is 7.86. The first-order chi connectivity index (χ1) is 10.3. The summed E-state index contributed by atoms with van der Waals surface area (Å²) in [7, 11) is -2.18. The van der Waals surface area contributed by atoms with E-state index in [-0.39, 0.29) is 11.0 Å². The van der Waals surface area contributed by atoms with Crippen LogP contribution in [0.4, 0.5) is 0 Å². The Hall–Kier alpha value is -1.07. The zero-order valence-corrected chi connectivity index (χ0v) is 14.6. The van der Waals surface area contributed by atoms with Gasteiger partial charge in [-0.1, -0.05) is 27.2 Å². The Bertz CT molecular complexity index is 577. The molecule has 1 fully saturated rings. The standard InChI is InChI=1S/C17H26O4S/c1-12(2)16-10-5-13(3)11-17(16)21-22(18,19)15-8-6-14(20-4)7-9-15/h6-9,12-13,16-17H,5,10-11H2,1-4H3/t13-,16+,17-/m1/s1. The van der Waals surface area contributed by atoms with Gasteiger partial charge < -0.3 is 4.74 Å². The average molecular weight is 326 g/mol. The lowest BCUT2D eigenvalue weighted by Crippen LogP contribution is -2.35. The van der Waals surface area contributed by atoms with Crippen LogP contribution in [0.3, 0.4) is 0 Å². The van der Waals surface area contributed by atoms with Crippen LogP contribution in [0.25, 0.3) is 0 Å². The van der Waals surface area contributed by atoms with Crippen LogP contribution < -0.4 is 4.74 Å². The van der Waals surface area contributed by atoms with Gasteiger partial charge in [-0.2, -0.15) is 8.42 Å². The Labute approximate surface area is 134 Å². The molecule has 124 valence electrons. The molecule has 0 radical (unpaired) electrons. The summed E-state index contributed by atoms with van der Waals surface area (Å²) in [4.78, 5) is 0.189. The van der Waals surface area contributed by atoms with E-state index in [0.717, 1.165) is 19.3 Å². The van der Waals surface area contributed by atoms with Gasteiger partial charge in [0.1, 0.15) is 5.75 Å². The Morgan fingerprint density at radius 1 is 1.14 bits per heavy atom. The molecule has 0 saturated heterocycles. The lowest BCUT2D eigenvalue weighted by Gasteiger charge is -2.36. The molecule has 1 saturated carbocycles. The minimum absolute atomic E-state index is 0.189. The Morgan fingerprint density at radius 3 is 2.32 bits per heavy atom. The first kappa shape index (κ1) is 17.3. The summed E-state index contributed by atoms with van der Waals surface area (Å²) in [5.74, 6) is 1.85. The summed E-state index contributed by atoms with van der Waals surface area (Å²) in [5.41, 5.74) is 0. The molecule has 0 unspecified atom stereocenters. The van der Waals surface area contributed by atoms with Crippen molar-refractivity contribution in [3.63, 3.8) is 0 Å². The maximum Gasteiger partial charge on any atom is 0.297 e. The molecule has 0 bridgehead atoms. The first-order valence-corrected chi connectivity index (χ1v) is 9.31. The molecule has 1 aliphatic rings. The fraction of sp³-hybridized carbons (Fsp3) is 0.647. The molecule has 0 amide bonds. The highest BCUT2D eigenvalue weighted by atomic mass is 32.2. The molecule has 22 heavy (non-hydrogen) atoms. The molecule has 1 aromatic rings. The molecule has 0 spiro atoms. The molecule has 0 N–H and O–H groups in total. The van der Waals surface area contributed by atoms with Crippen molar-refractivity contribution in [2.45, 2.75) is 51.0 Å². The van der Waals surface area contributed by atoms with Crippen molar-refractivity contribution in [1.29, 1.82) is 0 Å². The molecular formula is C17H26O4S. The Kier molecular flexibility index (Phi) is 5.50. The zero-order chi connectivity index (χ0) is 16.3. The van der Waals surface area contributed by atoms with Crippen LogP contribution in [0.5, 0.6) is 5.75 Å². The second kappa shape index (κ2) is 7.01. The van der Waals surface area contributed by atoms with Gasteiger partial charge in [0, 0.05) is 0 Å². The topological polar surface area (TPSA) is 52.6 Å². The van der Waals surface area contributed by atoms with Crippen LogP contribution in [0, 0.1) is 17.8 Å². The van der Waals surface area contributed by atoms with Gasteiger partial charge in [0.25, 0.3) is 10.1 Å². The van der Waals surface area contributed by atoms with E-state index in [1.165, 1.54) is 12.1 Å². The predicted octanol–water partition coefficient (Wildman–Crippen LogP) is 3.86. The monoisotopic (exact) mass is 326 g/mol. The largest absolute Gasteiger partial charge is 0.497 e. The summed E-state index contributed by atoms with van der Waals surface area (Å²) in [5, 5.41) is 0. The minimum Gasteiger partial charge on any atom is -0.497 e. The highest BCUT2D eigenvalue weighted by Crippen LogP contribution is 2.37. The maximum absolute atomic E-state index is 12.5. The average Bonchev–Trinajstić information content (AvgIpc) is 2.46. The van der Waals surface area contributed by atoms with E-state index >= 15 is 0 Å². The first-order valence-electron chi connectivity index (χ1n) is 7.91. The minimum atomic E-state index is -3.73. The smallest absolute Gasteiger partial charge is 0.297 e. The van der Waals surface area contributed by atoms with Gasteiger partial charge in [0.2, 0.25) is 0 Å². The molecular weight excluding hydrogens is 300 g/mol. The number of rotatable bonds is 5. The summed E-state index contributed by atoms with van der Waals surface area (Å²) < 4.78 is 35.7. The van der Waals surface area contributed by atoms with Gasteiger partial charge in [0.05, 0.1) is 18.1 Å². The molecule has 0 aliphatic heterocycles. The fourth-order valence-electron chi connectivity index (χ4n) is 3.19. The van der Waals surface area contributed by atoms with E-state index in [4.69, 9.17) is 8.92 Å². The van der Waals surface area contributed by atoms with E-state index in [9.17, 15) is 8.42 Å². The Balaban J connectivity index is 2.17. The van der Waals surface area contributed by atoms with E-state index in [0.29, 0.717) is 23.5 Å². The van der Waals surface area contributed by atoms with Crippen LogP contribution in [-0.4, -0.2) is 21.6 Å². The molecule has 5 heteroatoms. The summed E-state index contributed by atoms with van der Waals surface area (Å²) in [6.45, 7) is 6.43. The van der Waals surface area contributed by atoms with E-state index in [1.807, 2.05) is 0 Å². The summed E-state index contributed by atoms with van der Waals surface area (Å²) in [6, 6.07) is 6.34. The molecule has 0 heterocycles. The molecule has 3 atom stereocenters. The van der Waals surface area contributed by atoms with Crippen molar-refractivity contribution >= 4 is 10.1 Å². The van der Waals surface area contributed by atoms with Gasteiger partial charge in [-0.15, -0.1) is 0 Å². The van der Waals surface area contributed by atoms with Crippen molar-refractivity contribution in [3.05, 3.63) is 24.3 Å². The second-order valence-corrected chi connectivity index (χ2v) is 8.16.